The minimum Gasteiger partial charge on any atom is -0.394 e. The molecule has 1 saturated carbocycles. The lowest BCUT2D eigenvalue weighted by molar-refractivity contribution is -0.185. The molecule has 20 heavy (non-hydrogen) atoms. The van der Waals surface area contributed by atoms with Gasteiger partial charge in [0.15, 0.2) is 5.82 Å². The minimum absolute atomic E-state index is 0.0983. The first-order chi connectivity index (χ1) is 9.29. The van der Waals surface area contributed by atoms with Crippen molar-refractivity contribution in [3.8, 4) is 0 Å². The molecule has 1 aromatic heterocycles. The molecular formula is C12H17F3N4O. The van der Waals surface area contributed by atoms with Gasteiger partial charge in [-0.15, -0.1) is 0 Å². The zero-order valence-corrected chi connectivity index (χ0v) is 11.1. The summed E-state index contributed by atoms with van der Waals surface area (Å²) in [5.74, 6) is -2.13. The molecule has 0 spiro atoms. The van der Waals surface area contributed by atoms with Crippen molar-refractivity contribution in [1.82, 2.24) is 9.78 Å². The Balaban J connectivity index is 2.03. The molecule has 1 aliphatic carbocycles. The lowest BCUT2D eigenvalue weighted by Gasteiger charge is -2.29. The predicted molar refractivity (Wildman–Crippen MR) is 67.8 cm³/mol. The molecule has 1 fully saturated rings. The fourth-order valence-corrected chi connectivity index (χ4v) is 2.55. The van der Waals surface area contributed by atoms with Gasteiger partial charge in [0.1, 0.15) is 0 Å². The number of alkyl halides is 3. The number of nitrogens with two attached hydrogens (primary N) is 1. The Morgan fingerprint density at radius 2 is 2.20 bits per heavy atom. The summed E-state index contributed by atoms with van der Waals surface area (Å²) in [4.78, 5) is 12.1. The number of carbonyl (C=O) groups is 1. The van der Waals surface area contributed by atoms with Crippen LogP contribution >= 0.6 is 0 Å². The van der Waals surface area contributed by atoms with Crippen molar-refractivity contribution in [3.63, 3.8) is 0 Å². The van der Waals surface area contributed by atoms with Crippen molar-refractivity contribution in [3.05, 3.63) is 6.20 Å². The van der Waals surface area contributed by atoms with Gasteiger partial charge in [0.2, 0.25) is 5.91 Å². The molecule has 0 saturated heterocycles. The second-order valence-corrected chi connectivity index (χ2v) is 5.16. The number of anilines is 2. The molecule has 3 N–H and O–H groups in total. The zero-order valence-electron chi connectivity index (χ0n) is 11.1. The summed E-state index contributed by atoms with van der Waals surface area (Å²) in [6.45, 7) is 0. The normalized spacial score (nSPS) is 23.6. The Labute approximate surface area is 114 Å². The fraction of sp³-hybridized carbons (Fsp3) is 0.667. The first-order valence-corrected chi connectivity index (χ1v) is 6.44. The quantitative estimate of drug-likeness (QED) is 0.878. The topological polar surface area (TPSA) is 72.9 Å². The molecule has 2 unspecified atom stereocenters. The van der Waals surface area contributed by atoms with Crippen molar-refractivity contribution in [1.29, 1.82) is 0 Å². The van der Waals surface area contributed by atoms with Crippen LogP contribution in [0.3, 0.4) is 0 Å². The van der Waals surface area contributed by atoms with Crippen molar-refractivity contribution >= 4 is 17.4 Å². The van der Waals surface area contributed by atoms with Gasteiger partial charge in [0.05, 0.1) is 17.8 Å². The largest absolute Gasteiger partial charge is 0.394 e. The van der Waals surface area contributed by atoms with E-state index in [1.807, 2.05) is 0 Å². The number of aryl methyl sites for hydroxylation is 1. The van der Waals surface area contributed by atoms with E-state index in [9.17, 15) is 18.0 Å². The monoisotopic (exact) mass is 290 g/mol. The lowest BCUT2D eigenvalue weighted by atomic mass is 9.80. The predicted octanol–water partition coefficient (Wildman–Crippen LogP) is 2.31. The van der Waals surface area contributed by atoms with Crippen molar-refractivity contribution in [2.75, 3.05) is 11.1 Å². The van der Waals surface area contributed by atoms with Gasteiger partial charge >= 0.3 is 6.18 Å². The van der Waals surface area contributed by atoms with Gasteiger partial charge in [-0.1, -0.05) is 6.42 Å². The number of hydrogen-bond acceptors (Lipinski definition) is 3. The van der Waals surface area contributed by atoms with Gasteiger partial charge < -0.3 is 11.1 Å². The first kappa shape index (κ1) is 14.7. The maximum atomic E-state index is 12.7. The number of nitrogen functional groups attached to an aromatic ring is 1. The first-order valence-electron chi connectivity index (χ1n) is 6.44. The molecule has 1 heterocycles. The van der Waals surface area contributed by atoms with Crippen LogP contribution in [-0.2, 0) is 11.8 Å². The van der Waals surface area contributed by atoms with E-state index in [0.717, 1.165) is 0 Å². The summed E-state index contributed by atoms with van der Waals surface area (Å²) in [7, 11) is 1.60. The smallest absolute Gasteiger partial charge is 0.391 e. The summed E-state index contributed by atoms with van der Waals surface area (Å²) in [5.41, 5.74) is 5.93. The maximum absolute atomic E-state index is 12.7. The van der Waals surface area contributed by atoms with Gasteiger partial charge in [-0.25, -0.2) is 0 Å². The highest BCUT2D eigenvalue weighted by molar-refractivity contribution is 5.94. The summed E-state index contributed by atoms with van der Waals surface area (Å²) >= 11 is 0. The average molecular weight is 290 g/mol. The molecule has 2 atom stereocenters. The Hall–Kier alpha value is -1.73. The Bertz CT molecular complexity index is 478. The van der Waals surface area contributed by atoms with Crippen LogP contribution in [0.5, 0.6) is 0 Å². The van der Waals surface area contributed by atoms with Gasteiger partial charge in [0.25, 0.3) is 0 Å². The van der Waals surface area contributed by atoms with Crippen LogP contribution in [0.15, 0.2) is 6.20 Å². The molecule has 8 heteroatoms. The van der Waals surface area contributed by atoms with Crippen molar-refractivity contribution in [2.45, 2.75) is 31.9 Å². The van der Waals surface area contributed by atoms with Crippen LogP contribution in [0.2, 0.25) is 0 Å². The number of aromatic nitrogens is 2. The van der Waals surface area contributed by atoms with E-state index in [0.29, 0.717) is 24.3 Å². The second kappa shape index (κ2) is 5.34. The Morgan fingerprint density at radius 3 is 2.75 bits per heavy atom. The average Bonchev–Trinajstić information content (AvgIpc) is 2.69. The highest BCUT2D eigenvalue weighted by Crippen LogP contribution is 2.40. The third-order valence-corrected chi connectivity index (χ3v) is 3.72. The van der Waals surface area contributed by atoms with E-state index in [1.165, 1.54) is 10.9 Å². The molecule has 5 nitrogen and oxygen atoms in total. The number of nitrogens with one attached hydrogen (secondary N) is 1. The molecule has 0 radical (unpaired) electrons. The number of nitrogens with zero attached hydrogens (tertiary/aromatic N) is 2. The van der Waals surface area contributed by atoms with E-state index in [1.54, 1.807) is 7.05 Å². The Kier molecular flexibility index (Phi) is 3.92. The number of halogens is 3. The van der Waals surface area contributed by atoms with Crippen LogP contribution < -0.4 is 11.1 Å². The summed E-state index contributed by atoms with van der Waals surface area (Å²) in [5, 5.41) is 6.43. The third kappa shape index (κ3) is 3.05. The molecule has 0 aliphatic heterocycles. The number of rotatable bonds is 2. The van der Waals surface area contributed by atoms with Crippen LogP contribution in [-0.4, -0.2) is 21.9 Å². The molecule has 2 rings (SSSR count). The lowest BCUT2D eigenvalue weighted by Crippen LogP contribution is -2.34. The van der Waals surface area contributed by atoms with E-state index in [4.69, 9.17) is 5.73 Å². The van der Waals surface area contributed by atoms with Crippen molar-refractivity contribution < 1.29 is 18.0 Å². The molecule has 0 bridgehead atoms. The van der Waals surface area contributed by atoms with Crippen LogP contribution in [0, 0.1) is 11.8 Å². The zero-order chi connectivity index (χ0) is 14.9. The highest BCUT2D eigenvalue weighted by Gasteiger charge is 2.43. The Morgan fingerprint density at radius 1 is 1.50 bits per heavy atom. The summed E-state index contributed by atoms with van der Waals surface area (Å²) in [6.07, 6.45) is -2.03. The standard InChI is InChI=1S/C12H17F3N4O/c1-19-10(9(16)6-17-19)18-11(20)7-3-2-4-8(5-7)12(13,14)15/h6-8H,2-5,16H2,1H3,(H,18,20). The number of carbonyl (C=O) groups excluding carboxylic acids is 1. The van der Waals surface area contributed by atoms with Gasteiger partial charge in [-0.3, -0.25) is 9.48 Å². The molecule has 112 valence electrons. The number of hydrogen-bond donors (Lipinski definition) is 2. The molecule has 1 aromatic rings. The van der Waals surface area contributed by atoms with Gasteiger partial charge in [-0.05, 0) is 19.3 Å². The van der Waals surface area contributed by atoms with Gasteiger partial charge in [0, 0.05) is 13.0 Å². The highest BCUT2D eigenvalue weighted by atomic mass is 19.4. The van der Waals surface area contributed by atoms with Crippen LogP contribution in [0.1, 0.15) is 25.7 Å². The second-order valence-electron chi connectivity index (χ2n) is 5.16. The van der Waals surface area contributed by atoms with E-state index in [2.05, 4.69) is 10.4 Å². The number of amides is 1. The van der Waals surface area contributed by atoms with Crippen LogP contribution in [0.4, 0.5) is 24.7 Å². The maximum Gasteiger partial charge on any atom is 0.391 e. The summed E-state index contributed by atoms with van der Waals surface area (Å²) in [6, 6.07) is 0. The minimum atomic E-state index is -4.23. The molecule has 0 aromatic carbocycles. The van der Waals surface area contributed by atoms with E-state index in [-0.39, 0.29) is 12.8 Å². The summed E-state index contributed by atoms with van der Waals surface area (Å²) < 4.78 is 39.5. The molecular weight excluding hydrogens is 273 g/mol. The van der Waals surface area contributed by atoms with E-state index < -0.39 is 23.9 Å². The SMILES string of the molecule is Cn1ncc(N)c1NC(=O)C1CCCC(C(F)(F)F)C1. The molecule has 1 aliphatic rings. The van der Waals surface area contributed by atoms with Crippen LogP contribution in [0.25, 0.3) is 0 Å². The van der Waals surface area contributed by atoms with Gasteiger partial charge in [-0.2, -0.15) is 18.3 Å². The van der Waals surface area contributed by atoms with Crippen molar-refractivity contribution in [2.24, 2.45) is 18.9 Å². The van der Waals surface area contributed by atoms with E-state index >= 15 is 0 Å². The fourth-order valence-electron chi connectivity index (χ4n) is 2.55. The molecule has 1 amide bonds. The third-order valence-electron chi connectivity index (χ3n) is 3.72.